The van der Waals surface area contributed by atoms with Crippen molar-refractivity contribution in [2.24, 2.45) is 0 Å². The number of aromatic nitrogens is 2. The third-order valence-electron chi connectivity index (χ3n) is 4.00. The lowest BCUT2D eigenvalue weighted by molar-refractivity contribution is 0.0926. The van der Waals surface area contributed by atoms with E-state index < -0.39 is 6.10 Å². The Bertz CT molecular complexity index is 823. The molecule has 23 heavy (non-hydrogen) atoms. The molecule has 3 rings (SSSR count). The van der Waals surface area contributed by atoms with Crippen molar-refractivity contribution in [3.05, 3.63) is 59.4 Å². The average Bonchev–Trinajstić information content (AvgIpc) is 2.82. The van der Waals surface area contributed by atoms with Crippen LogP contribution in [0.4, 0.5) is 0 Å². The molecule has 1 heterocycles. The molecule has 1 aromatic heterocycles. The summed E-state index contributed by atoms with van der Waals surface area (Å²) in [6.45, 7) is 6.76. The molecule has 2 aromatic carbocycles. The molecule has 0 radical (unpaired) electrons. The van der Waals surface area contributed by atoms with Crippen molar-refractivity contribution in [3.8, 4) is 5.75 Å². The summed E-state index contributed by atoms with van der Waals surface area (Å²) in [6, 6.07) is 14.0. The Morgan fingerprint density at radius 3 is 2.70 bits per heavy atom. The van der Waals surface area contributed by atoms with Crippen LogP contribution in [0.3, 0.4) is 0 Å². The first-order valence-electron chi connectivity index (χ1n) is 7.84. The molecule has 0 saturated heterocycles. The van der Waals surface area contributed by atoms with Crippen molar-refractivity contribution in [2.45, 2.75) is 33.4 Å². The van der Waals surface area contributed by atoms with Crippen LogP contribution in [-0.4, -0.2) is 27.4 Å². The maximum atomic E-state index is 10.3. The Labute approximate surface area is 136 Å². The number of aryl methyl sites for hydroxylation is 3. The molecule has 0 fully saturated rings. The van der Waals surface area contributed by atoms with Gasteiger partial charge in [0.05, 0.1) is 17.6 Å². The second-order valence-electron chi connectivity index (χ2n) is 5.99. The zero-order chi connectivity index (χ0) is 16.4. The molecule has 0 aliphatic rings. The van der Waals surface area contributed by atoms with E-state index in [2.05, 4.69) is 18.0 Å². The van der Waals surface area contributed by atoms with Gasteiger partial charge in [-0.3, -0.25) is 0 Å². The van der Waals surface area contributed by atoms with E-state index >= 15 is 0 Å². The number of hydrogen-bond acceptors (Lipinski definition) is 3. The van der Waals surface area contributed by atoms with Crippen molar-refractivity contribution in [1.29, 1.82) is 0 Å². The van der Waals surface area contributed by atoms with Gasteiger partial charge in [-0.1, -0.05) is 29.8 Å². The van der Waals surface area contributed by atoms with Gasteiger partial charge in [-0.05, 0) is 44.5 Å². The largest absolute Gasteiger partial charge is 0.491 e. The van der Waals surface area contributed by atoms with Crippen LogP contribution in [0.1, 0.15) is 17.0 Å². The van der Waals surface area contributed by atoms with Crippen molar-refractivity contribution in [1.82, 2.24) is 9.55 Å². The highest BCUT2D eigenvalue weighted by atomic mass is 16.5. The van der Waals surface area contributed by atoms with Crippen LogP contribution in [0.2, 0.25) is 0 Å². The molecule has 3 aromatic rings. The molecule has 120 valence electrons. The quantitative estimate of drug-likeness (QED) is 0.785. The van der Waals surface area contributed by atoms with Gasteiger partial charge in [0.25, 0.3) is 0 Å². The van der Waals surface area contributed by atoms with Crippen LogP contribution in [0, 0.1) is 20.8 Å². The molecule has 1 N–H and O–H groups in total. The Hall–Kier alpha value is -2.33. The van der Waals surface area contributed by atoms with E-state index in [-0.39, 0.29) is 6.61 Å². The molecule has 0 aliphatic carbocycles. The maximum absolute atomic E-state index is 10.3. The van der Waals surface area contributed by atoms with Gasteiger partial charge in [0, 0.05) is 0 Å². The van der Waals surface area contributed by atoms with Crippen LogP contribution >= 0.6 is 0 Å². The van der Waals surface area contributed by atoms with E-state index in [0.29, 0.717) is 6.54 Å². The molecule has 4 heteroatoms. The minimum atomic E-state index is -0.591. The first-order valence-corrected chi connectivity index (χ1v) is 7.84. The second-order valence-corrected chi connectivity index (χ2v) is 5.99. The topological polar surface area (TPSA) is 47.3 Å². The lowest BCUT2D eigenvalue weighted by atomic mass is 10.1. The fourth-order valence-electron chi connectivity index (χ4n) is 2.84. The summed E-state index contributed by atoms with van der Waals surface area (Å²) in [6.07, 6.45) is -0.591. The number of hydrogen-bond donors (Lipinski definition) is 1. The predicted molar refractivity (Wildman–Crippen MR) is 91.9 cm³/mol. The van der Waals surface area contributed by atoms with Gasteiger partial charge >= 0.3 is 0 Å². The van der Waals surface area contributed by atoms with Crippen LogP contribution in [-0.2, 0) is 6.54 Å². The third-order valence-corrected chi connectivity index (χ3v) is 4.00. The molecular formula is C19H22N2O2. The van der Waals surface area contributed by atoms with Crippen molar-refractivity contribution in [2.75, 3.05) is 6.61 Å². The van der Waals surface area contributed by atoms with E-state index in [1.54, 1.807) is 0 Å². The number of benzene rings is 2. The van der Waals surface area contributed by atoms with Gasteiger partial charge in [-0.25, -0.2) is 4.98 Å². The van der Waals surface area contributed by atoms with Gasteiger partial charge in [-0.2, -0.15) is 0 Å². The smallest absolute Gasteiger partial charge is 0.122 e. The van der Waals surface area contributed by atoms with E-state index in [1.807, 2.05) is 54.8 Å². The van der Waals surface area contributed by atoms with Crippen LogP contribution in [0.5, 0.6) is 5.75 Å². The SMILES string of the molecule is Cc1ccc(OC[C@@H](O)Cn2c(C)nc3ccccc32)c(C)c1. The standard InChI is InChI=1S/C19H22N2O2/c1-13-8-9-19(14(2)10-13)23-12-16(22)11-21-15(3)20-17-6-4-5-7-18(17)21/h4-10,16,22H,11-12H2,1-3H3/t16-/m0/s1. The first kappa shape index (κ1) is 15.6. The number of aliphatic hydroxyl groups is 1. The highest BCUT2D eigenvalue weighted by Crippen LogP contribution is 2.20. The monoisotopic (exact) mass is 310 g/mol. The van der Waals surface area contributed by atoms with Crippen molar-refractivity contribution in [3.63, 3.8) is 0 Å². The number of imidazole rings is 1. The predicted octanol–water partition coefficient (Wildman–Crippen LogP) is 3.40. The molecule has 0 bridgehead atoms. The van der Waals surface area contributed by atoms with Crippen molar-refractivity contribution >= 4 is 11.0 Å². The van der Waals surface area contributed by atoms with Gasteiger partial charge in [-0.15, -0.1) is 0 Å². The Balaban J connectivity index is 1.69. The lowest BCUT2D eigenvalue weighted by Gasteiger charge is -2.16. The number of rotatable bonds is 5. The Morgan fingerprint density at radius 1 is 1.13 bits per heavy atom. The summed E-state index contributed by atoms with van der Waals surface area (Å²) in [4.78, 5) is 4.52. The fraction of sp³-hybridized carbons (Fsp3) is 0.316. The lowest BCUT2D eigenvalue weighted by Crippen LogP contribution is -2.24. The second kappa shape index (κ2) is 6.42. The molecule has 0 unspecified atom stereocenters. The fourth-order valence-corrected chi connectivity index (χ4v) is 2.84. The highest BCUT2D eigenvalue weighted by molar-refractivity contribution is 5.75. The van der Waals surface area contributed by atoms with Gasteiger partial charge in [0.2, 0.25) is 0 Å². The molecule has 0 aliphatic heterocycles. The summed E-state index contributed by atoms with van der Waals surface area (Å²) < 4.78 is 7.80. The maximum Gasteiger partial charge on any atom is 0.122 e. The molecular weight excluding hydrogens is 288 g/mol. The van der Waals surface area contributed by atoms with Crippen molar-refractivity contribution < 1.29 is 9.84 Å². The minimum Gasteiger partial charge on any atom is -0.491 e. The summed E-state index contributed by atoms with van der Waals surface area (Å²) in [5.41, 5.74) is 4.28. The number of para-hydroxylation sites is 2. The van der Waals surface area contributed by atoms with E-state index in [0.717, 1.165) is 28.2 Å². The van der Waals surface area contributed by atoms with E-state index in [9.17, 15) is 5.11 Å². The number of ether oxygens (including phenoxy) is 1. The summed E-state index contributed by atoms with van der Waals surface area (Å²) in [7, 11) is 0. The highest BCUT2D eigenvalue weighted by Gasteiger charge is 2.12. The van der Waals surface area contributed by atoms with Crippen LogP contribution < -0.4 is 4.74 Å². The third kappa shape index (κ3) is 3.37. The van der Waals surface area contributed by atoms with Gasteiger partial charge in [0.1, 0.15) is 24.3 Å². The average molecular weight is 310 g/mol. The molecule has 0 amide bonds. The number of nitrogens with zero attached hydrogens (tertiary/aromatic N) is 2. The zero-order valence-electron chi connectivity index (χ0n) is 13.8. The van der Waals surface area contributed by atoms with E-state index in [4.69, 9.17) is 4.74 Å². The molecule has 0 saturated carbocycles. The normalized spacial score (nSPS) is 12.5. The van der Waals surface area contributed by atoms with Crippen LogP contribution in [0.15, 0.2) is 42.5 Å². The molecule has 1 atom stereocenters. The van der Waals surface area contributed by atoms with Crippen LogP contribution in [0.25, 0.3) is 11.0 Å². The summed E-state index contributed by atoms with van der Waals surface area (Å²) in [5, 5.41) is 10.3. The molecule has 0 spiro atoms. The van der Waals surface area contributed by atoms with Gasteiger partial charge < -0.3 is 14.4 Å². The minimum absolute atomic E-state index is 0.260. The Morgan fingerprint density at radius 2 is 1.91 bits per heavy atom. The first-order chi connectivity index (χ1) is 11.0. The summed E-state index contributed by atoms with van der Waals surface area (Å²) in [5.74, 6) is 1.72. The molecule has 4 nitrogen and oxygen atoms in total. The summed E-state index contributed by atoms with van der Waals surface area (Å²) >= 11 is 0. The Kier molecular flexibility index (Phi) is 4.35. The number of aliphatic hydroxyl groups excluding tert-OH is 1. The zero-order valence-corrected chi connectivity index (χ0v) is 13.8. The van der Waals surface area contributed by atoms with Gasteiger partial charge in [0.15, 0.2) is 0 Å². The number of fused-ring (bicyclic) bond motifs is 1. The van der Waals surface area contributed by atoms with E-state index in [1.165, 1.54) is 5.56 Å².